The van der Waals surface area contributed by atoms with Crippen molar-refractivity contribution in [3.63, 3.8) is 0 Å². The van der Waals surface area contributed by atoms with Crippen LogP contribution in [0, 0.1) is 0 Å². The van der Waals surface area contributed by atoms with E-state index in [2.05, 4.69) is 46.4 Å². The lowest BCUT2D eigenvalue weighted by Crippen LogP contribution is -2.32. The second kappa shape index (κ2) is 4.45. The molecule has 1 N–H and O–H groups in total. The first-order chi connectivity index (χ1) is 5.75. The summed E-state index contributed by atoms with van der Waals surface area (Å²) in [6.45, 7) is 3.24. The Hall–Kier alpha value is -0.0500. The van der Waals surface area contributed by atoms with Crippen molar-refractivity contribution in [3.05, 3.63) is 33.8 Å². The summed E-state index contributed by atoms with van der Waals surface area (Å²) in [5, 5.41) is 3.44. The second-order valence-corrected chi connectivity index (χ2v) is 4.31. The van der Waals surface area contributed by atoms with Gasteiger partial charge in [0.1, 0.15) is 0 Å². The third-order valence-corrected chi connectivity index (χ3v) is 2.83. The Morgan fingerprint density at radius 2 is 2.15 bits per heavy atom. The maximum absolute atomic E-state index is 3.48. The van der Waals surface area contributed by atoms with Crippen LogP contribution in [0.4, 0.5) is 0 Å². The van der Waals surface area contributed by atoms with E-state index in [-0.39, 0.29) is 12.4 Å². The maximum Gasteiger partial charge on any atom is 0.0211 e. The molecule has 0 spiro atoms. The van der Waals surface area contributed by atoms with E-state index in [4.69, 9.17) is 0 Å². The van der Waals surface area contributed by atoms with E-state index in [9.17, 15) is 0 Å². The molecule has 0 saturated carbocycles. The highest BCUT2D eigenvalue weighted by Gasteiger charge is 2.13. The lowest BCUT2D eigenvalue weighted by molar-refractivity contribution is 0.513. The number of halogens is 2. The van der Waals surface area contributed by atoms with Gasteiger partial charge in [-0.25, -0.2) is 0 Å². The zero-order valence-corrected chi connectivity index (χ0v) is 9.91. The van der Waals surface area contributed by atoms with Crippen LogP contribution < -0.4 is 5.32 Å². The standard InChI is InChI=1S/C10H12BrN.ClH/c1-7-4-8-2-3-10(11)5-9(8)6-12-7;/h2-3,5,7,12H,4,6H2,1H3;1H. The van der Waals surface area contributed by atoms with Crippen molar-refractivity contribution in [3.8, 4) is 0 Å². The molecule has 3 heteroatoms. The van der Waals surface area contributed by atoms with Gasteiger partial charge in [0, 0.05) is 17.1 Å². The van der Waals surface area contributed by atoms with Crippen molar-refractivity contribution in [2.45, 2.75) is 25.9 Å². The van der Waals surface area contributed by atoms with E-state index in [0.717, 1.165) is 13.0 Å². The highest BCUT2D eigenvalue weighted by molar-refractivity contribution is 9.10. The molecule has 1 aromatic carbocycles. The summed E-state index contributed by atoms with van der Waals surface area (Å²) >= 11 is 3.48. The van der Waals surface area contributed by atoms with E-state index in [1.165, 1.54) is 15.6 Å². The molecule has 72 valence electrons. The third-order valence-electron chi connectivity index (χ3n) is 2.34. The van der Waals surface area contributed by atoms with Crippen LogP contribution in [0.5, 0.6) is 0 Å². The van der Waals surface area contributed by atoms with Crippen molar-refractivity contribution in [2.75, 3.05) is 0 Å². The van der Waals surface area contributed by atoms with Crippen molar-refractivity contribution in [2.24, 2.45) is 0 Å². The van der Waals surface area contributed by atoms with E-state index < -0.39 is 0 Å². The Kier molecular flexibility index (Phi) is 3.77. The Morgan fingerprint density at radius 1 is 1.38 bits per heavy atom. The minimum atomic E-state index is 0. The molecule has 1 unspecified atom stereocenters. The first-order valence-corrected chi connectivity index (χ1v) is 5.05. The van der Waals surface area contributed by atoms with Crippen molar-refractivity contribution in [1.29, 1.82) is 0 Å². The fraction of sp³-hybridized carbons (Fsp3) is 0.400. The highest BCUT2D eigenvalue weighted by Crippen LogP contribution is 2.20. The van der Waals surface area contributed by atoms with Gasteiger partial charge in [-0.05, 0) is 36.6 Å². The number of benzene rings is 1. The molecule has 1 nitrogen and oxygen atoms in total. The zero-order chi connectivity index (χ0) is 8.55. The van der Waals surface area contributed by atoms with Gasteiger partial charge in [-0.3, -0.25) is 0 Å². The summed E-state index contributed by atoms with van der Waals surface area (Å²) in [5.74, 6) is 0. The second-order valence-electron chi connectivity index (χ2n) is 3.40. The fourth-order valence-electron chi connectivity index (χ4n) is 1.64. The predicted octanol–water partition coefficient (Wildman–Crippen LogP) is 2.91. The zero-order valence-electron chi connectivity index (χ0n) is 7.51. The summed E-state index contributed by atoms with van der Waals surface area (Å²) in [7, 11) is 0. The summed E-state index contributed by atoms with van der Waals surface area (Å²) in [4.78, 5) is 0. The van der Waals surface area contributed by atoms with Crippen LogP contribution in [-0.2, 0) is 13.0 Å². The van der Waals surface area contributed by atoms with Gasteiger partial charge in [0.15, 0.2) is 0 Å². The number of rotatable bonds is 0. The molecule has 0 bridgehead atoms. The van der Waals surface area contributed by atoms with Crippen LogP contribution in [0.25, 0.3) is 0 Å². The molecule has 1 atom stereocenters. The van der Waals surface area contributed by atoms with Crippen molar-refractivity contribution < 1.29 is 0 Å². The van der Waals surface area contributed by atoms with Gasteiger partial charge in [0.05, 0.1) is 0 Å². The molecule has 1 aliphatic heterocycles. The molecule has 1 heterocycles. The van der Waals surface area contributed by atoms with E-state index in [1.807, 2.05) is 0 Å². The van der Waals surface area contributed by atoms with Gasteiger partial charge in [0.2, 0.25) is 0 Å². The smallest absolute Gasteiger partial charge is 0.0211 e. The van der Waals surface area contributed by atoms with Gasteiger partial charge in [-0.15, -0.1) is 12.4 Å². The molecule has 0 amide bonds. The molecule has 0 radical (unpaired) electrons. The average molecular weight is 263 g/mol. The van der Waals surface area contributed by atoms with Gasteiger partial charge >= 0.3 is 0 Å². The van der Waals surface area contributed by atoms with Gasteiger partial charge in [0.25, 0.3) is 0 Å². The van der Waals surface area contributed by atoms with Crippen LogP contribution in [0.1, 0.15) is 18.1 Å². The number of hydrogen-bond acceptors (Lipinski definition) is 1. The van der Waals surface area contributed by atoms with Crippen molar-refractivity contribution in [1.82, 2.24) is 5.32 Å². The molecule has 0 fully saturated rings. The number of fused-ring (bicyclic) bond motifs is 1. The lowest BCUT2D eigenvalue weighted by atomic mass is 9.97. The molecule has 1 aliphatic rings. The monoisotopic (exact) mass is 261 g/mol. The summed E-state index contributed by atoms with van der Waals surface area (Å²) in [5.41, 5.74) is 2.92. The topological polar surface area (TPSA) is 12.0 Å². The molecule has 0 aliphatic carbocycles. The summed E-state index contributed by atoms with van der Waals surface area (Å²) in [6.07, 6.45) is 1.16. The fourth-order valence-corrected chi connectivity index (χ4v) is 2.05. The molecule has 2 rings (SSSR count). The first-order valence-electron chi connectivity index (χ1n) is 4.26. The molecular formula is C10H13BrClN. The predicted molar refractivity (Wildman–Crippen MR) is 61.4 cm³/mol. The maximum atomic E-state index is 3.48. The SMILES string of the molecule is CC1Cc2ccc(Br)cc2CN1.Cl. The van der Waals surface area contributed by atoms with Gasteiger partial charge in [-0.2, -0.15) is 0 Å². The minimum Gasteiger partial charge on any atom is -0.310 e. The Bertz CT molecular complexity index is 301. The first kappa shape index (κ1) is 11.0. The molecule has 0 saturated heterocycles. The summed E-state index contributed by atoms with van der Waals surface area (Å²) in [6, 6.07) is 7.17. The number of hydrogen-bond donors (Lipinski definition) is 1. The van der Waals surface area contributed by atoms with Crippen LogP contribution in [-0.4, -0.2) is 6.04 Å². The average Bonchev–Trinajstić information content (AvgIpc) is 2.05. The van der Waals surface area contributed by atoms with Crippen molar-refractivity contribution >= 4 is 28.3 Å². The largest absolute Gasteiger partial charge is 0.310 e. The van der Waals surface area contributed by atoms with E-state index in [0.29, 0.717) is 6.04 Å². The Balaban J connectivity index is 0.000000845. The minimum absolute atomic E-state index is 0. The van der Waals surface area contributed by atoms with Crippen LogP contribution >= 0.6 is 28.3 Å². The third kappa shape index (κ3) is 2.46. The quantitative estimate of drug-likeness (QED) is 0.758. The Labute approximate surface area is 93.5 Å². The van der Waals surface area contributed by atoms with Gasteiger partial charge < -0.3 is 5.32 Å². The normalized spacial score (nSPS) is 20.3. The van der Waals surface area contributed by atoms with Crippen LogP contribution in [0.3, 0.4) is 0 Å². The number of nitrogens with one attached hydrogen (secondary N) is 1. The Morgan fingerprint density at radius 3 is 2.92 bits per heavy atom. The van der Waals surface area contributed by atoms with Gasteiger partial charge in [-0.1, -0.05) is 22.0 Å². The van der Waals surface area contributed by atoms with Crippen LogP contribution in [0.15, 0.2) is 22.7 Å². The lowest BCUT2D eigenvalue weighted by Gasteiger charge is -2.23. The molecule has 13 heavy (non-hydrogen) atoms. The molecule has 1 aromatic rings. The highest BCUT2D eigenvalue weighted by atomic mass is 79.9. The van der Waals surface area contributed by atoms with E-state index >= 15 is 0 Å². The molecule has 0 aromatic heterocycles. The van der Waals surface area contributed by atoms with Crippen LogP contribution in [0.2, 0.25) is 0 Å². The molecular weight excluding hydrogens is 249 g/mol. The van der Waals surface area contributed by atoms with E-state index in [1.54, 1.807) is 0 Å². The summed E-state index contributed by atoms with van der Waals surface area (Å²) < 4.78 is 1.18.